The molecular formula is C14H19N3O2S2. The van der Waals surface area contributed by atoms with E-state index >= 15 is 0 Å². The van der Waals surface area contributed by atoms with Crippen LogP contribution in [0.5, 0.6) is 0 Å². The highest BCUT2D eigenvalue weighted by Crippen LogP contribution is 2.21. The van der Waals surface area contributed by atoms with Gasteiger partial charge in [0.05, 0.1) is 5.39 Å². The first kappa shape index (κ1) is 15.9. The lowest BCUT2D eigenvalue weighted by molar-refractivity contribution is -0.121. The van der Waals surface area contributed by atoms with Gasteiger partial charge in [-0.3, -0.25) is 14.2 Å². The van der Waals surface area contributed by atoms with Crippen LogP contribution in [0.25, 0.3) is 10.2 Å². The average molecular weight is 325 g/mol. The molecule has 0 aliphatic heterocycles. The maximum absolute atomic E-state index is 12.5. The van der Waals surface area contributed by atoms with Crippen molar-refractivity contribution in [1.82, 2.24) is 14.9 Å². The second-order valence-electron chi connectivity index (χ2n) is 5.33. The molecule has 5 nitrogen and oxygen atoms in total. The monoisotopic (exact) mass is 325 g/mol. The number of rotatable bonds is 5. The lowest BCUT2D eigenvalue weighted by atomic mass is 10.2. The smallest absolute Gasteiger partial charge is 0.263 e. The summed E-state index contributed by atoms with van der Waals surface area (Å²) >= 11 is 6.73. The Labute approximate surface area is 132 Å². The summed E-state index contributed by atoms with van der Waals surface area (Å²) in [5, 5.41) is 3.39. The van der Waals surface area contributed by atoms with Crippen molar-refractivity contribution in [3.8, 4) is 0 Å². The average Bonchev–Trinajstić information content (AvgIpc) is 2.84. The van der Waals surface area contributed by atoms with Crippen molar-refractivity contribution in [2.24, 2.45) is 5.92 Å². The van der Waals surface area contributed by atoms with Crippen molar-refractivity contribution < 1.29 is 4.79 Å². The minimum absolute atomic E-state index is 0.0475. The number of carbonyl (C=O) groups is 1. The van der Waals surface area contributed by atoms with Gasteiger partial charge >= 0.3 is 0 Å². The first-order valence-corrected chi connectivity index (χ1v) is 8.17. The molecule has 1 amide bonds. The summed E-state index contributed by atoms with van der Waals surface area (Å²) in [7, 11) is 0. The van der Waals surface area contributed by atoms with Crippen LogP contribution in [0.3, 0.4) is 0 Å². The van der Waals surface area contributed by atoms with E-state index in [4.69, 9.17) is 12.2 Å². The van der Waals surface area contributed by atoms with E-state index in [-0.39, 0.29) is 22.8 Å². The van der Waals surface area contributed by atoms with Crippen LogP contribution < -0.4 is 10.9 Å². The molecule has 21 heavy (non-hydrogen) atoms. The van der Waals surface area contributed by atoms with E-state index in [1.807, 2.05) is 26.8 Å². The number of hydrogen-bond acceptors (Lipinski definition) is 4. The zero-order valence-electron chi connectivity index (χ0n) is 12.4. The number of carbonyl (C=O) groups excluding carboxylic acids is 1. The van der Waals surface area contributed by atoms with Crippen LogP contribution in [0.15, 0.2) is 10.9 Å². The van der Waals surface area contributed by atoms with Gasteiger partial charge in [0.2, 0.25) is 5.91 Å². The Morgan fingerprint density at radius 2 is 2.24 bits per heavy atom. The molecule has 0 aromatic carbocycles. The summed E-state index contributed by atoms with van der Waals surface area (Å²) in [4.78, 5) is 29.3. The highest BCUT2D eigenvalue weighted by molar-refractivity contribution is 7.71. The fraction of sp³-hybridized carbons (Fsp3) is 0.500. The summed E-state index contributed by atoms with van der Waals surface area (Å²) in [6, 6.07) is 1.87. The van der Waals surface area contributed by atoms with E-state index in [0.717, 1.165) is 16.1 Å². The standard InChI is InChI=1S/C14H19N3O2S2/c1-4-9-5-10-12(21-9)16-14(20)17(13(10)19)7-11(18)15-6-8(2)3/h5,8H,4,6-7H2,1-3H3,(H,15,18)(H,16,20). The Hall–Kier alpha value is -1.47. The number of aromatic nitrogens is 2. The van der Waals surface area contributed by atoms with Crippen molar-refractivity contribution in [3.63, 3.8) is 0 Å². The molecule has 0 aliphatic rings. The highest BCUT2D eigenvalue weighted by Gasteiger charge is 2.12. The van der Waals surface area contributed by atoms with Crippen LogP contribution in [-0.4, -0.2) is 22.0 Å². The molecule has 0 spiro atoms. The quantitative estimate of drug-likeness (QED) is 0.830. The van der Waals surface area contributed by atoms with Crippen LogP contribution in [0, 0.1) is 10.7 Å². The van der Waals surface area contributed by atoms with Crippen LogP contribution in [-0.2, 0) is 17.8 Å². The van der Waals surface area contributed by atoms with E-state index in [0.29, 0.717) is 17.8 Å². The number of aryl methyl sites for hydroxylation is 1. The number of nitrogens with zero attached hydrogens (tertiary/aromatic N) is 1. The normalized spacial score (nSPS) is 11.2. The number of aromatic amines is 1. The number of amides is 1. The summed E-state index contributed by atoms with van der Waals surface area (Å²) in [6.07, 6.45) is 0.869. The molecule has 2 aromatic heterocycles. The van der Waals surface area contributed by atoms with E-state index in [9.17, 15) is 9.59 Å². The zero-order valence-corrected chi connectivity index (χ0v) is 14.0. The van der Waals surface area contributed by atoms with Gasteiger partial charge < -0.3 is 10.3 Å². The Morgan fingerprint density at radius 1 is 1.52 bits per heavy atom. The molecule has 0 bridgehead atoms. The lowest BCUT2D eigenvalue weighted by Gasteiger charge is -2.09. The molecule has 2 heterocycles. The largest absolute Gasteiger partial charge is 0.354 e. The predicted molar refractivity (Wildman–Crippen MR) is 88.5 cm³/mol. The maximum atomic E-state index is 12.5. The first-order valence-electron chi connectivity index (χ1n) is 6.94. The molecule has 0 radical (unpaired) electrons. The molecular weight excluding hydrogens is 306 g/mol. The third-order valence-corrected chi connectivity index (χ3v) is 4.60. The van der Waals surface area contributed by atoms with Gasteiger partial charge in [-0.25, -0.2) is 0 Å². The van der Waals surface area contributed by atoms with Crippen molar-refractivity contribution in [1.29, 1.82) is 0 Å². The van der Waals surface area contributed by atoms with Gasteiger partial charge in [-0.15, -0.1) is 11.3 Å². The third-order valence-electron chi connectivity index (χ3n) is 3.08. The van der Waals surface area contributed by atoms with Gasteiger partial charge in [0.15, 0.2) is 4.77 Å². The number of fused-ring (bicyclic) bond motifs is 1. The van der Waals surface area contributed by atoms with Gasteiger partial charge in [0.25, 0.3) is 5.56 Å². The Balaban J connectivity index is 2.34. The van der Waals surface area contributed by atoms with Gasteiger partial charge in [-0.05, 0) is 30.6 Å². The molecule has 0 atom stereocenters. The number of H-pyrrole nitrogens is 1. The second kappa shape index (κ2) is 6.53. The molecule has 2 aromatic rings. The van der Waals surface area contributed by atoms with Crippen LogP contribution in [0.2, 0.25) is 0 Å². The molecule has 0 aliphatic carbocycles. The van der Waals surface area contributed by atoms with Crippen molar-refractivity contribution >= 4 is 39.7 Å². The minimum Gasteiger partial charge on any atom is -0.354 e. The third kappa shape index (κ3) is 3.59. The van der Waals surface area contributed by atoms with E-state index < -0.39 is 0 Å². The van der Waals surface area contributed by atoms with Crippen molar-refractivity contribution in [2.75, 3.05) is 6.54 Å². The maximum Gasteiger partial charge on any atom is 0.263 e. The number of hydrogen-bond donors (Lipinski definition) is 2. The first-order chi connectivity index (χ1) is 9.92. The highest BCUT2D eigenvalue weighted by atomic mass is 32.1. The Bertz CT molecular complexity index is 771. The number of nitrogens with one attached hydrogen (secondary N) is 2. The van der Waals surface area contributed by atoms with E-state index in [1.54, 1.807) is 0 Å². The fourth-order valence-corrected chi connectivity index (χ4v) is 3.23. The van der Waals surface area contributed by atoms with Crippen LogP contribution in [0.1, 0.15) is 25.6 Å². The Morgan fingerprint density at radius 3 is 2.86 bits per heavy atom. The fourth-order valence-electron chi connectivity index (χ4n) is 1.93. The molecule has 0 unspecified atom stereocenters. The lowest BCUT2D eigenvalue weighted by Crippen LogP contribution is -2.34. The van der Waals surface area contributed by atoms with Crippen molar-refractivity contribution in [3.05, 3.63) is 26.1 Å². The minimum atomic E-state index is -0.204. The second-order valence-corrected chi connectivity index (χ2v) is 6.85. The molecule has 2 N–H and O–H groups in total. The van der Waals surface area contributed by atoms with Crippen LogP contribution >= 0.6 is 23.6 Å². The van der Waals surface area contributed by atoms with Gasteiger partial charge in [0.1, 0.15) is 11.4 Å². The summed E-state index contributed by atoms with van der Waals surface area (Å²) in [5.74, 6) is 0.169. The summed E-state index contributed by atoms with van der Waals surface area (Å²) in [6.45, 7) is 6.61. The van der Waals surface area contributed by atoms with Gasteiger partial charge in [-0.1, -0.05) is 20.8 Å². The molecule has 0 saturated heterocycles. The summed E-state index contributed by atoms with van der Waals surface area (Å²) in [5.41, 5.74) is -0.204. The molecule has 0 fully saturated rings. The van der Waals surface area contributed by atoms with Crippen LogP contribution in [0.4, 0.5) is 0 Å². The predicted octanol–water partition coefficient (Wildman–Crippen LogP) is 2.46. The molecule has 2 rings (SSSR count). The number of thiophene rings is 1. The molecule has 7 heteroatoms. The SMILES string of the molecule is CCc1cc2c(=O)n(CC(=O)NCC(C)C)c(=S)[nH]c2s1. The summed E-state index contributed by atoms with van der Waals surface area (Å²) < 4.78 is 1.61. The van der Waals surface area contributed by atoms with E-state index in [2.05, 4.69) is 10.3 Å². The Kier molecular flexibility index (Phi) is 4.95. The zero-order chi connectivity index (χ0) is 15.6. The topological polar surface area (TPSA) is 66.9 Å². The van der Waals surface area contributed by atoms with Gasteiger partial charge in [-0.2, -0.15) is 0 Å². The molecule has 0 saturated carbocycles. The van der Waals surface area contributed by atoms with Crippen molar-refractivity contribution in [2.45, 2.75) is 33.7 Å². The van der Waals surface area contributed by atoms with E-state index in [1.165, 1.54) is 15.9 Å². The van der Waals surface area contributed by atoms with Gasteiger partial charge in [0, 0.05) is 11.4 Å². The molecule has 114 valence electrons.